The molecule has 32 heavy (non-hydrogen) atoms. The molecule has 10 heteroatoms. The minimum absolute atomic E-state index is 0.114. The van der Waals surface area contributed by atoms with Crippen molar-refractivity contribution in [3.8, 4) is 0 Å². The van der Waals surface area contributed by atoms with Crippen molar-refractivity contribution in [1.82, 2.24) is 25.2 Å². The normalized spacial score (nSPS) is 12.1. The van der Waals surface area contributed by atoms with Gasteiger partial charge < -0.3 is 15.5 Å². The Morgan fingerprint density at radius 3 is 2.78 bits per heavy atom. The lowest BCUT2D eigenvalue weighted by atomic mass is 10.1. The van der Waals surface area contributed by atoms with E-state index in [0.717, 1.165) is 39.4 Å². The van der Waals surface area contributed by atoms with E-state index in [1.165, 1.54) is 11.3 Å². The van der Waals surface area contributed by atoms with E-state index in [-0.39, 0.29) is 12.1 Å². The summed E-state index contributed by atoms with van der Waals surface area (Å²) in [7, 11) is 3.98. The highest BCUT2D eigenvalue weighted by Crippen LogP contribution is 2.25. The number of anilines is 2. The Morgan fingerprint density at radius 2 is 1.97 bits per heavy atom. The van der Waals surface area contributed by atoms with Gasteiger partial charge in [0, 0.05) is 30.6 Å². The van der Waals surface area contributed by atoms with Gasteiger partial charge in [-0.1, -0.05) is 30.3 Å². The first-order chi connectivity index (χ1) is 15.6. The number of thiazole rings is 1. The molecular weight excluding hydrogens is 442 g/mol. The first-order valence-electron chi connectivity index (χ1n) is 10.2. The SMILES string of the molecule is CN(C)CC(NC(=O)Nc1ncc(CCNc2ncnc3ccsc23)s1)c1ccccc1. The number of nitrogens with zero attached hydrogens (tertiary/aromatic N) is 4. The molecule has 4 aromatic rings. The van der Waals surface area contributed by atoms with Gasteiger partial charge in [-0.15, -0.1) is 22.7 Å². The third-order valence-corrected chi connectivity index (χ3v) is 6.62. The summed E-state index contributed by atoms with van der Waals surface area (Å²) in [5.41, 5.74) is 2.01. The van der Waals surface area contributed by atoms with Gasteiger partial charge in [-0.05, 0) is 31.1 Å². The zero-order chi connectivity index (χ0) is 22.3. The molecule has 0 spiro atoms. The summed E-state index contributed by atoms with van der Waals surface area (Å²) < 4.78 is 1.06. The fourth-order valence-corrected chi connectivity index (χ4v) is 4.89. The average molecular weight is 468 g/mol. The molecule has 0 saturated heterocycles. The highest BCUT2D eigenvalue weighted by atomic mass is 32.1. The molecular formula is C22H25N7OS2. The minimum atomic E-state index is -0.263. The van der Waals surface area contributed by atoms with Crippen molar-refractivity contribution in [3.63, 3.8) is 0 Å². The third kappa shape index (κ3) is 5.78. The molecule has 8 nitrogen and oxygen atoms in total. The Hall–Kier alpha value is -3.08. The molecule has 2 amide bonds. The Bertz CT molecular complexity index is 1160. The fraction of sp³-hybridized carbons (Fsp3) is 0.273. The number of aromatic nitrogens is 3. The van der Waals surface area contributed by atoms with Gasteiger partial charge in [-0.2, -0.15) is 0 Å². The maximum atomic E-state index is 12.6. The van der Waals surface area contributed by atoms with Crippen molar-refractivity contribution in [2.45, 2.75) is 12.5 Å². The lowest BCUT2D eigenvalue weighted by Crippen LogP contribution is -2.37. The second-order valence-electron chi connectivity index (χ2n) is 7.49. The predicted octanol–water partition coefficient (Wildman–Crippen LogP) is 4.23. The monoisotopic (exact) mass is 467 g/mol. The molecule has 0 aliphatic rings. The van der Waals surface area contributed by atoms with Crippen LogP contribution in [-0.2, 0) is 6.42 Å². The summed E-state index contributed by atoms with van der Waals surface area (Å²) in [6.45, 7) is 1.42. The first kappa shape index (κ1) is 22.1. The minimum Gasteiger partial charge on any atom is -0.368 e. The van der Waals surface area contributed by atoms with Crippen LogP contribution in [0.4, 0.5) is 15.7 Å². The van der Waals surface area contributed by atoms with E-state index in [0.29, 0.717) is 11.7 Å². The van der Waals surface area contributed by atoms with E-state index < -0.39 is 0 Å². The molecule has 0 radical (unpaired) electrons. The second kappa shape index (κ2) is 10.5. The van der Waals surface area contributed by atoms with Crippen LogP contribution in [0.2, 0.25) is 0 Å². The third-order valence-electron chi connectivity index (χ3n) is 4.74. The quantitative estimate of drug-likeness (QED) is 0.341. The number of carbonyl (C=O) groups excluding carboxylic acids is 1. The molecule has 3 N–H and O–H groups in total. The van der Waals surface area contributed by atoms with Crippen LogP contribution < -0.4 is 16.0 Å². The highest BCUT2D eigenvalue weighted by Gasteiger charge is 2.16. The molecule has 0 aliphatic carbocycles. The largest absolute Gasteiger partial charge is 0.368 e. The summed E-state index contributed by atoms with van der Waals surface area (Å²) in [5.74, 6) is 0.847. The summed E-state index contributed by atoms with van der Waals surface area (Å²) >= 11 is 3.10. The van der Waals surface area contributed by atoms with Crippen LogP contribution in [-0.4, -0.2) is 53.1 Å². The molecule has 1 atom stereocenters. The number of thiophene rings is 1. The molecule has 0 fully saturated rings. The number of likely N-dealkylation sites (N-methyl/N-ethyl adjacent to an activating group) is 1. The maximum absolute atomic E-state index is 12.6. The Morgan fingerprint density at radius 1 is 1.12 bits per heavy atom. The molecule has 0 saturated carbocycles. The topological polar surface area (TPSA) is 95.1 Å². The van der Waals surface area contributed by atoms with E-state index in [1.807, 2.05) is 60.8 Å². The highest BCUT2D eigenvalue weighted by molar-refractivity contribution is 7.17. The van der Waals surface area contributed by atoms with Gasteiger partial charge >= 0.3 is 6.03 Å². The molecule has 3 aromatic heterocycles. The van der Waals surface area contributed by atoms with Gasteiger partial charge in [-0.25, -0.2) is 19.7 Å². The van der Waals surface area contributed by atoms with E-state index in [4.69, 9.17) is 0 Å². The van der Waals surface area contributed by atoms with Gasteiger partial charge in [0.05, 0.1) is 16.3 Å². The second-order valence-corrected chi connectivity index (χ2v) is 9.52. The number of rotatable bonds is 9. The van der Waals surface area contributed by atoms with Crippen molar-refractivity contribution in [2.75, 3.05) is 37.8 Å². The van der Waals surface area contributed by atoms with Gasteiger partial charge in [0.15, 0.2) is 5.13 Å². The van der Waals surface area contributed by atoms with E-state index in [9.17, 15) is 4.79 Å². The van der Waals surface area contributed by atoms with E-state index >= 15 is 0 Å². The Labute approximate surface area is 194 Å². The number of carbonyl (C=O) groups is 1. The summed E-state index contributed by atoms with van der Waals surface area (Å²) in [4.78, 5) is 28.7. The molecule has 166 valence electrons. The lowest BCUT2D eigenvalue weighted by Gasteiger charge is -2.22. The van der Waals surface area contributed by atoms with Crippen LogP contribution in [0.1, 0.15) is 16.5 Å². The molecule has 1 aromatic carbocycles. The smallest absolute Gasteiger partial charge is 0.321 e. The number of fused-ring (bicyclic) bond motifs is 1. The molecule has 3 heterocycles. The van der Waals surface area contributed by atoms with Gasteiger partial charge in [0.2, 0.25) is 0 Å². The van der Waals surface area contributed by atoms with Crippen molar-refractivity contribution < 1.29 is 4.79 Å². The van der Waals surface area contributed by atoms with Gasteiger partial charge in [0.25, 0.3) is 0 Å². The number of hydrogen-bond acceptors (Lipinski definition) is 8. The first-order valence-corrected chi connectivity index (χ1v) is 11.9. The summed E-state index contributed by atoms with van der Waals surface area (Å²) in [6.07, 6.45) is 4.16. The van der Waals surface area contributed by atoms with Gasteiger partial charge in [0.1, 0.15) is 12.1 Å². The summed E-state index contributed by atoms with van der Waals surface area (Å²) in [6, 6.07) is 11.6. The predicted molar refractivity (Wildman–Crippen MR) is 132 cm³/mol. The summed E-state index contributed by atoms with van der Waals surface area (Å²) in [5, 5.41) is 11.9. The van der Waals surface area contributed by atoms with Crippen LogP contribution in [0, 0.1) is 0 Å². The van der Waals surface area contributed by atoms with E-state index in [1.54, 1.807) is 23.9 Å². The fourth-order valence-electron chi connectivity index (χ4n) is 3.28. The lowest BCUT2D eigenvalue weighted by molar-refractivity contribution is 0.244. The number of nitrogens with one attached hydrogen (secondary N) is 3. The molecule has 1 unspecified atom stereocenters. The average Bonchev–Trinajstić information content (AvgIpc) is 3.43. The zero-order valence-corrected chi connectivity index (χ0v) is 19.5. The van der Waals surface area contributed by atoms with Crippen LogP contribution in [0.15, 0.2) is 54.3 Å². The van der Waals surface area contributed by atoms with Crippen molar-refractivity contribution in [2.24, 2.45) is 0 Å². The van der Waals surface area contributed by atoms with Crippen molar-refractivity contribution in [1.29, 1.82) is 0 Å². The van der Waals surface area contributed by atoms with E-state index in [2.05, 4.69) is 30.9 Å². The van der Waals surface area contributed by atoms with Crippen molar-refractivity contribution in [3.05, 3.63) is 64.7 Å². The molecule has 4 rings (SSSR count). The van der Waals surface area contributed by atoms with Crippen LogP contribution in [0.25, 0.3) is 10.2 Å². The zero-order valence-electron chi connectivity index (χ0n) is 17.9. The number of hydrogen-bond donors (Lipinski definition) is 3. The number of amides is 2. The number of benzene rings is 1. The van der Waals surface area contributed by atoms with Crippen LogP contribution >= 0.6 is 22.7 Å². The Kier molecular flexibility index (Phi) is 7.25. The molecule has 0 aliphatic heterocycles. The van der Waals surface area contributed by atoms with Crippen LogP contribution in [0.3, 0.4) is 0 Å². The Balaban J connectivity index is 1.30. The van der Waals surface area contributed by atoms with Crippen LogP contribution in [0.5, 0.6) is 0 Å². The maximum Gasteiger partial charge on any atom is 0.321 e. The van der Waals surface area contributed by atoms with Gasteiger partial charge in [-0.3, -0.25) is 5.32 Å². The molecule has 0 bridgehead atoms. The van der Waals surface area contributed by atoms with Crippen molar-refractivity contribution >= 4 is 49.9 Å². The number of urea groups is 1. The standard InChI is InChI=1S/C22H25N7OS2/c1-29(2)13-18(15-6-4-3-5-7-15)27-21(30)28-22-24-12-16(32-22)8-10-23-20-19-17(9-11-31-19)25-14-26-20/h3-7,9,11-12,14,18H,8,10,13H2,1-2H3,(H,23,25,26)(H2,24,27,28,30).